The van der Waals surface area contributed by atoms with Gasteiger partial charge in [-0.2, -0.15) is 0 Å². The third kappa shape index (κ3) is 0.824. The summed E-state index contributed by atoms with van der Waals surface area (Å²) in [4.78, 5) is 0. The van der Waals surface area contributed by atoms with Crippen molar-refractivity contribution in [2.75, 3.05) is 6.66 Å². The normalized spacial score (nSPS) is 37.7. The van der Waals surface area contributed by atoms with Gasteiger partial charge in [0, 0.05) is 13.3 Å². The number of hydrogen-bond donors (Lipinski definition) is 0. The second-order valence-corrected chi connectivity index (χ2v) is 5.95. The fourth-order valence-corrected chi connectivity index (χ4v) is 2.72. The van der Waals surface area contributed by atoms with Gasteiger partial charge >= 0.3 is 0 Å². The molecule has 0 bridgehead atoms. The van der Waals surface area contributed by atoms with Gasteiger partial charge in [-0.15, -0.1) is 0 Å². The lowest BCUT2D eigenvalue weighted by Crippen LogP contribution is -2.54. The van der Waals surface area contributed by atoms with Crippen molar-refractivity contribution in [2.45, 2.75) is 38.5 Å². The summed E-state index contributed by atoms with van der Waals surface area (Å²) in [5.41, 5.74) is 0.119. The second kappa shape index (κ2) is 1.71. The van der Waals surface area contributed by atoms with Crippen LogP contribution >= 0.6 is 8.15 Å². The molecule has 1 heterocycles. The smallest absolute Gasteiger partial charge is 0.0780 e. The maximum atomic E-state index is 5.61. The summed E-state index contributed by atoms with van der Waals surface area (Å²) in [6.45, 7) is 11.1. The minimum absolute atomic E-state index is 0.119. The van der Waals surface area contributed by atoms with Crippen molar-refractivity contribution in [3.63, 3.8) is 0 Å². The van der Waals surface area contributed by atoms with E-state index in [0.29, 0.717) is 5.16 Å². The molecule has 0 amide bonds. The highest BCUT2D eigenvalue weighted by Crippen LogP contribution is 2.66. The lowest BCUT2D eigenvalue weighted by molar-refractivity contribution is 0.0268. The molecule has 1 aliphatic heterocycles. The lowest BCUT2D eigenvalue weighted by Gasteiger charge is -2.56. The van der Waals surface area contributed by atoms with E-state index in [2.05, 4.69) is 34.4 Å². The molecule has 0 N–H and O–H groups in total. The summed E-state index contributed by atoms with van der Waals surface area (Å²) in [5, 5.41) is 0.419. The Hall–Kier alpha value is 0.390. The summed E-state index contributed by atoms with van der Waals surface area (Å²) >= 11 is 0. The molecule has 1 fully saturated rings. The summed E-state index contributed by atoms with van der Waals surface area (Å²) in [5.74, 6) is 0. The molecule has 0 radical (unpaired) electrons. The van der Waals surface area contributed by atoms with Crippen molar-refractivity contribution in [2.24, 2.45) is 0 Å². The molecule has 1 aliphatic rings. The van der Waals surface area contributed by atoms with Crippen LogP contribution in [0.5, 0.6) is 0 Å². The molecule has 1 atom stereocenters. The zero-order valence-electron chi connectivity index (χ0n) is 6.86. The summed E-state index contributed by atoms with van der Waals surface area (Å²) in [7, 11) is -0.149. The third-order valence-corrected chi connectivity index (χ3v) is 5.47. The van der Waals surface area contributed by atoms with Crippen LogP contribution < -0.4 is 0 Å². The molecule has 0 aromatic carbocycles. The van der Waals surface area contributed by atoms with Crippen LogP contribution in [0.4, 0.5) is 0 Å². The first-order chi connectivity index (χ1) is 3.88. The lowest BCUT2D eigenvalue weighted by atomic mass is 9.93. The van der Waals surface area contributed by atoms with Crippen LogP contribution in [0.3, 0.4) is 0 Å². The zero-order valence-corrected chi connectivity index (χ0v) is 7.75. The maximum Gasteiger partial charge on any atom is 0.0780 e. The van der Waals surface area contributed by atoms with E-state index in [1.807, 2.05) is 0 Å². The van der Waals surface area contributed by atoms with Crippen LogP contribution in [0.25, 0.3) is 0 Å². The minimum Gasteiger partial charge on any atom is -0.352 e. The predicted octanol–water partition coefficient (Wildman–Crippen LogP) is 2.60. The van der Waals surface area contributed by atoms with E-state index in [9.17, 15) is 0 Å². The van der Waals surface area contributed by atoms with Crippen LogP contribution in [0.15, 0.2) is 0 Å². The van der Waals surface area contributed by atoms with Crippen LogP contribution in [0, 0.1) is 0 Å². The van der Waals surface area contributed by atoms with Gasteiger partial charge in [0.25, 0.3) is 0 Å². The fraction of sp³-hybridized carbons (Fsp3) is 1.00. The summed E-state index contributed by atoms with van der Waals surface area (Å²) in [6, 6.07) is 0. The van der Waals surface area contributed by atoms with Gasteiger partial charge in [0.05, 0.1) is 5.60 Å². The van der Waals surface area contributed by atoms with E-state index in [-0.39, 0.29) is 13.7 Å². The molecular weight excluding hydrogens is 131 g/mol. The Bertz CT molecular complexity index is 129. The summed E-state index contributed by atoms with van der Waals surface area (Å²) in [6.07, 6.45) is 0. The van der Waals surface area contributed by atoms with E-state index < -0.39 is 0 Å². The van der Waals surface area contributed by atoms with E-state index in [0.717, 1.165) is 0 Å². The van der Waals surface area contributed by atoms with E-state index in [4.69, 9.17) is 4.52 Å². The zero-order chi connectivity index (χ0) is 7.28. The van der Waals surface area contributed by atoms with Crippen LogP contribution in [-0.2, 0) is 4.52 Å². The highest BCUT2D eigenvalue weighted by molar-refractivity contribution is 7.55. The molecule has 9 heavy (non-hydrogen) atoms. The molecule has 1 saturated heterocycles. The van der Waals surface area contributed by atoms with Crippen molar-refractivity contribution >= 4 is 8.15 Å². The van der Waals surface area contributed by atoms with Gasteiger partial charge in [0.2, 0.25) is 0 Å². The Morgan fingerprint density at radius 2 is 1.56 bits per heavy atom. The fourth-order valence-electron chi connectivity index (χ4n) is 0.908. The molecule has 1 rings (SSSR count). The van der Waals surface area contributed by atoms with Crippen molar-refractivity contribution in [3.05, 3.63) is 0 Å². The topological polar surface area (TPSA) is 9.23 Å². The van der Waals surface area contributed by atoms with Crippen LogP contribution in [0.2, 0.25) is 0 Å². The van der Waals surface area contributed by atoms with Crippen molar-refractivity contribution < 1.29 is 4.52 Å². The number of hydrogen-bond acceptors (Lipinski definition) is 1. The van der Waals surface area contributed by atoms with Crippen molar-refractivity contribution in [3.8, 4) is 0 Å². The monoisotopic (exact) mass is 146 g/mol. The molecule has 0 aromatic rings. The minimum atomic E-state index is -0.149. The van der Waals surface area contributed by atoms with Crippen LogP contribution in [0.1, 0.15) is 27.7 Å². The van der Waals surface area contributed by atoms with E-state index in [1.165, 1.54) is 0 Å². The third-order valence-electron chi connectivity index (χ3n) is 2.63. The standard InChI is InChI=1S/C7H15OP/c1-6(2)7(3,4)9(5)8-6/h1-5H3. The molecular formula is C7H15OP. The molecule has 0 saturated carbocycles. The van der Waals surface area contributed by atoms with Gasteiger partial charge in [-0.25, -0.2) is 0 Å². The average Bonchev–Trinajstić information content (AvgIpc) is 1.65. The first-order valence-electron chi connectivity index (χ1n) is 3.31. The quantitative estimate of drug-likeness (QED) is 0.477. The van der Waals surface area contributed by atoms with Gasteiger partial charge in [-0.05, 0) is 20.5 Å². The van der Waals surface area contributed by atoms with Crippen molar-refractivity contribution in [1.29, 1.82) is 0 Å². The van der Waals surface area contributed by atoms with Gasteiger partial charge in [0.1, 0.15) is 0 Å². The maximum absolute atomic E-state index is 5.61. The average molecular weight is 146 g/mol. The van der Waals surface area contributed by atoms with Gasteiger partial charge in [-0.1, -0.05) is 13.8 Å². The second-order valence-electron chi connectivity index (χ2n) is 3.66. The molecule has 0 spiro atoms. The Balaban J connectivity index is 2.70. The Kier molecular flexibility index (Phi) is 1.42. The first-order valence-corrected chi connectivity index (χ1v) is 5.01. The Morgan fingerprint density at radius 3 is 1.56 bits per heavy atom. The Labute approximate surface area is 58.6 Å². The van der Waals surface area contributed by atoms with Gasteiger partial charge in [0.15, 0.2) is 0 Å². The molecule has 0 aromatic heterocycles. The van der Waals surface area contributed by atoms with Gasteiger partial charge in [-0.3, -0.25) is 0 Å². The highest BCUT2D eigenvalue weighted by atomic mass is 31.1. The van der Waals surface area contributed by atoms with Gasteiger partial charge < -0.3 is 4.52 Å². The van der Waals surface area contributed by atoms with Crippen LogP contribution in [-0.4, -0.2) is 17.4 Å². The molecule has 1 unspecified atom stereocenters. The number of rotatable bonds is 0. The van der Waals surface area contributed by atoms with E-state index in [1.54, 1.807) is 0 Å². The summed E-state index contributed by atoms with van der Waals surface area (Å²) < 4.78 is 5.61. The molecule has 0 aliphatic carbocycles. The Morgan fingerprint density at radius 1 is 1.11 bits per heavy atom. The molecule has 1 nitrogen and oxygen atoms in total. The molecule has 2 heteroatoms. The first kappa shape index (κ1) is 7.50. The van der Waals surface area contributed by atoms with E-state index >= 15 is 0 Å². The highest BCUT2D eigenvalue weighted by Gasteiger charge is 2.53. The SMILES string of the molecule is CP1OC(C)(C)C1(C)C. The molecule has 54 valence electrons. The largest absolute Gasteiger partial charge is 0.352 e. The predicted molar refractivity (Wildman–Crippen MR) is 42.1 cm³/mol. The van der Waals surface area contributed by atoms with Crippen molar-refractivity contribution in [1.82, 2.24) is 0 Å².